The number of ether oxygens (including phenoxy) is 1. The molecule has 1 unspecified atom stereocenters. The Kier molecular flexibility index (Phi) is 8.67. The zero-order chi connectivity index (χ0) is 24.3. The summed E-state index contributed by atoms with van der Waals surface area (Å²) in [6, 6.07) is -0.931. The molecule has 0 radical (unpaired) electrons. The highest BCUT2D eigenvalue weighted by Crippen LogP contribution is 2.29. The van der Waals surface area contributed by atoms with Crippen molar-refractivity contribution < 1.29 is 53.5 Å². The molecule has 0 spiro atoms. The number of hydrogen-bond donors (Lipinski definition) is 1. The summed E-state index contributed by atoms with van der Waals surface area (Å²) in [5, 5.41) is -0.698. The van der Waals surface area contributed by atoms with Gasteiger partial charge in [-0.1, -0.05) is 11.6 Å². The number of rotatable bonds is 7. The third-order valence-electron chi connectivity index (χ3n) is 3.55. The van der Waals surface area contributed by atoms with Crippen molar-refractivity contribution in [2.75, 3.05) is 13.2 Å². The van der Waals surface area contributed by atoms with Gasteiger partial charge in [0.15, 0.2) is 11.6 Å². The summed E-state index contributed by atoms with van der Waals surface area (Å²) in [5.41, 5.74) is -0.798. The van der Waals surface area contributed by atoms with Crippen molar-refractivity contribution >= 4 is 34.3 Å². The summed E-state index contributed by atoms with van der Waals surface area (Å²) in [4.78, 5) is 23.5. The van der Waals surface area contributed by atoms with E-state index >= 15 is 0 Å². The quantitative estimate of drug-likeness (QED) is 0.352. The van der Waals surface area contributed by atoms with Crippen molar-refractivity contribution in [2.45, 2.75) is 32.4 Å². The highest BCUT2D eigenvalue weighted by molar-refractivity contribution is 7.69. The van der Waals surface area contributed by atoms with Crippen molar-refractivity contribution in [3.8, 4) is 5.75 Å². The van der Waals surface area contributed by atoms with E-state index in [2.05, 4.69) is 0 Å². The lowest BCUT2D eigenvalue weighted by Gasteiger charge is -2.25. The second kappa shape index (κ2) is 9.99. The molecule has 0 aliphatic rings. The maximum atomic E-state index is 14.0. The van der Waals surface area contributed by atoms with E-state index in [0.717, 1.165) is 6.92 Å². The predicted octanol–water partition coefficient (Wildman–Crippen LogP) is 3.15. The number of imide groups is 1. The Morgan fingerprint density at radius 3 is 2.13 bits per heavy atom. The van der Waals surface area contributed by atoms with Gasteiger partial charge < -0.3 is 4.74 Å². The molecule has 0 N–H and O–H groups in total. The van der Waals surface area contributed by atoms with Crippen LogP contribution >= 0.6 is 11.6 Å². The Labute approximate surface area is 177 Å². The van der Waals surface area contributed by atoms with Crippen LogP contribution in [0.5, 0.6) is 5.75 Å². The molecule has 0 aromatic heterocycles. The number of nitrogens with zero attached hydrogens (tertiary/aromatic N) is 2. The number of amides is 2. The number of alkyl halides is 6. The fourth-order valence-corrected chi connectivity index (χ4v) is 3.04. The van der Waals surface area contributed by atoms with Crippen LogP contribution < -0.4 is 4.74 Å². The number of hydrogen-bond acceptors (Lipinski definition) is 5. The first-order valence-corrected chi connectivity index (χ1v) is 9.48. The first-order valence-electron chi connectivity index (χ1n) is 7.97. The normalized spacial score (nSPS) is 13.4. The molecule has 1 aromatic rings. The average Bonchev–Trinajstić information content (AvgIpc) is 2.55. The summed E-state index contributed by atoms with van der Waals surface area (Å²) in [6.07, 6.45) is -10.3. The zero-order valence-corrected chi connectivity index (χ0v) is 17.2. The molecule has 0 aliphatic heterocycles. The van der Waals surface area contributed by atoms with Gasteiger partial charge in [-0.05, 0) is 19.1 Å². The van der Waals surface area contributed by atoms with Gasteiger partial charge in [0.2, 0.25) is 16.8 Å². The largest absolute Gasteiger partial charge is 0.489 e. The van der Waals surface area contributed by atoms with E-state index in [4.69, 9.17) is 16.3 Å². The van der Waals surface area contributed by atoms with E-state index in [0.29, 0.717) is 19.1 Å². The molecule has 1 aromatic carbocycles. The van der Waals surface area contributed by atoms with Crippen LogP contribution in [0.3, 0.4) is 0 Å². The summed E-state index contributed by atoms with van der Waals surface area (Å²) in [5.74, 6) is -5.08. The molecule has 2 amide bonds. The third kappa shape index (κ3) is 7.50. The monoisotopic (exact) mass is 502 g/mol. The fourth-order valence-electron chi connectivity index (χ4n) is 2.24. The Balaban J connectivity index is 3.20. The van der Waals surface area contributed by atoms with Gasteiger partial charge >= 0.3 is 12.5 Å². The Morgan fingerprint density at radius 2 is 1.71 bits per heavy atom. The maximum Gasteiger partial charge on any atom is 0.473 e. The van der Waals surface area contributed by atoms with Crippen LogP contribution in [-0.2, 0) is 15.7 Å². The van der Waals surface area contributed by atoms with Gasteiger partial charge in [0.05, 0.1) is 16.6 Å². The summed E-state index contributed by atoms with van der Waals surface area (Å²) in [7, 11) is -4.12. The highest BCUT2D eigenvalue weighted by Gasteiger charge is 2.43. The van der Waals surface area contributed by atoms with Gasteiger partial charge in [-0.2, -0.15) is 26.3 Å². The number of thiol groups is 1. The summed E-state index contributed by atoms with van der Waals surface area (Å²) >= 11 is 5.66. The second-order valence-corrected chi connectivity index (χ2v) is 7.31. The summed E-state index contributed by atoms with van der Waals surface area (Å²) < 4.78 is 116. The van der Waals surface area contributed by atoms with Crippen LogP contribution in [0.15, 0.2) is 12.1 Å². The van der Waals surface area contributed by atoms with Gasteiger partial charge in [0.25, 0.3) is 5.91 Å². The molecule has 0 bridgehead atoms. The van der Waals surface area contributed by atoms with Crippen LogP contribution in [0, 0.1) is 5.82 Å². The van der Waals surface area contributed by atoms with E-state index < -0.39 is 80.8 Å². The molecule has 176 valence electrons. The Bertz CT molecular complexity index is 912. The third-order valence-corrected chi connectivity index (χ3v) is 4.83. The summed E-state index contributed by atoms with van der Waals surface area (Å²) in [6.45, 7) is -1.57. The van der Waals surface area contributed by atoms with Gasteiger partial charge in [0, 0.05) is 6.92 Å². The van der Waals surface area contributed by atoms with Gasteiger partial charge in [-0.15, -0.1) is 4.31 Å². The molecule has 16 heteroatoms. The van der Waals surface area contributed by atoms with Crippen LogP contribution in [0.4, 0.5) is 30.7 Å². The first-order chi connectivity index (χ1) is 14.0. The molecule has 0 saturated heterocycles. The van der Waals surface area contributed by atoms with Crippen molar-refractivity contribution in [2.24, 2.45) is 0 Å². The molecule has 31 heavy (non-hydrogen) atoms. The Hall–Kier alpha value is -2.13. The van der Waals surface area contributed by atoms with E-state index in [1.54, 1.807) is 0 Å². The van der Waals surface area contributed by atoms with Crippen molar-refractivity contribution in [3.05, 3.63) is 28.5 Å². The van der Waals surface area contributed by atoms with Crippen LogP contribution in [0.2, 0.25) is 5.02 Å². The van der Waals surface area contributed by atoms with E-state index in [1.165, 1.54) is 0 Å². The minimum atomic E-state index is -5.29. The van der Waals surface area contributed by atoms with Crippen molar-refractivity contribution in [1.82, 2.24) is 9.21 Å². The van der Waals surface area contributed by atoms with Crippen molar-refractivity contribution in [1.29, 1.82) is 0 Å². The van der Waals surface area contributed by atoms with Crippen LogP contribution in [0.25, 0.3) is 0 Å². The predicted molar refractivity (Wildman–Crippen MR) is 92.3 cm³/mol. The minimum Gasteiger partial charge on any atom is -0.489 e. The molecular formula is C15H14ClF7N2O5S. The average molecular weight is 503 g/mol. The first kappa shape index (κ1) is 26.9. The van der Waals surface area contributed by atoms with Gasteiger partial charge in [-0.25, -0.2) is 12.8 Å². The molecule has 0 aliphatic carbocycles. The van der Waals surface area contributed by atoms with Gasteiger partial charge in [-0.3, -0.25) is 14.5 Å². The van der Waals surface area contributed by atoms with E-state index in [-0.39, 0.29) is 4.90 Å². The minimum absolute atomic E-state index is 0.223. The smallest absolute Gasteiger partial charge is 0.473 e. The molecule has 1 rings (SSSR count). The van der Waals surface area contributed by atoms with Crippen LogP contribution in [-0.4, -0.2) is 61.1 Å². The number of benzene rings is 1. The second-order valence-electron chi connectivity index (χ2n) is 6.00. The zero-order valence-electron chi connectivity index (χ0n) is 15.6. The fraction of sp³-hybridized carbons (Fsp3) is 0.467. The molecule has 1 atom stereocenters. The van der Waals surface area contributed by atoms with Gasteiger partial charge in [0.1, 0.15) is 13.2 Å². The lowest BCUT2D eigenvalue weighted by atomic mass is 10.1. The number of carbonyl (C=O) groups excluding carboxylic acids is 2. The topological polar surface area (TPSA) is 84.0 Å². The standard InChI is InChI=1S/C15H14ClF7N2O5S/c1-7(25(31(28)29)15(21,22)23)5-30-12-3-9(10(16)4-11(12)17)13(27)24(8(2)26)6-14(18,19)20/h3-4,7,31H,5-6H2,1-2H3. The van der Waals surface area contributed by atoms with Crippen molar-refractivity contribution in [3.63, 3.8) is 0 Å². The lowest BCUT2D eigenvalue weighted by Crippen LogP contribution is -2.45. The highest BCUT2D eigenvalue weighted by atomic mass is 35.5. The molecule has 7 nitrogen and oxygen atoms in total. The Morgan fingerprint density at radius 1 is 1.16 bits per heavy atom. The van der Waals surface area contributed by atoms with E-state index in [9.17, 15) is 48.7 Å². The molecule has 0 saturated carbocycles. The molecular weight excluding hydrogens is 489 g/mol. The molecule has 0 fully saturated rings. The lowest BCUT2D eigenvalue weighted by molar-refractivity contribution is -0.220. The number of carbonyl (C=O) groups is 2. The maximum absolute atomic E-state index is 14.0. The van der Waals surface area contributed by atoms with E-state index in [1.807, 2.05) is 0 Å². The SMILES string of the molecule is CC(=O)N(CC(F)(F)F)C(=O)c1cc(OCC(C)N([SH](=O)=O)C(F)(F)F)c(F)cc1Cl. The van der Waals surface area contributed by atoms with Crippen LogP contribution in [0.1, 0.15) is 24.2 Å². The number of halogens is 8. The molecule has 0 heterocycles.